The van der Waals surface area contributed by atoms with E-state index < -0.39 is 29.1 Å². The lowest BCUT2D eigenvalue weighted by atomic mass is 9.93. The molecule has 0 radical (unpaired) electrons. The number of amides is 1. The van der Waals surface area contributed by atoms with Crippen molar-refractivity contribution in [3.8, 4) is 17.0 Å². The van der Waals surface area contributed by atoms with Crippen LogP contribution in [0.25, 0.3) is 17.3 Å². The second-order valence-electron chi connectivity index (χ2n) is 9.84. The lowest BCUT2D eigenvalue weighted by Crippen LogP contribution is -2.13. The van der Waals surface area contributed by atoms with Crippen molar-refractivity contribution in [1.29, 1.82) is 0 Å². The number of aromatic nitrogens is 1. The standard InChI is InChI=1S/C28H30F2N2O5S/c1-16(26(34)35)11-20-21(29)12-18(13-22(20)30)25(33)32-27-31-23(15-38-27)19-8-6-7-17(24(19)36-5)14-37-10-9-28(2,3)4/h6-8,11-13,15H,9-10,14H2,1-5H3,(H,34,35)(H,31,32,33). The van der Waals surface area contributed by atoms with Gasteiger partial charge in [0.15, 0.2) is 5.13 Å². The summed E-state index contributed by atoms with van der Waals surface area (Å²) >= 11 is 1.15. The summed E-state index contributed by atoms with van der Waals surface area (Å²) in [6.07, 6.45) is 1.79. The monoisotopic (exact) mass is 544 g/mol. The molecule has 0 fully saturated rings. The van der Waals surface area contributed by atoms with Crippen LogP contribution in [0.1, 0.15) is 55.6 Å². The van der Waals surface area contributed by atoms with Crippen LogP contribution in [0.4, 0.5) is 13.9 Å². The Morgan fingerprint density at radius 3 is 2.47 bits per heavy atom. The van der Waals surface area contributed by atoms with Gasteiger partial charge < -0.3 is 14.6 Å². The van der Waals surface area contributed by atoms with E-state index in [0.717, 1.165) is 41.5 Å². The number of halogens is 2. The van der Waals surface area contributed by atoms with Crippen molar-refractivity contribution < 1.29 is 33.0 Å². The Kier molecular flexibility index (Phi) is 9.35. The molecule has 1 amide bonds. The number of carboxylic acid groups (broad SMARTS) is 1. The van der Waals surface area contributed by atoms with Gasteiger partial charge >= 0.3 is 5.97 Å². The third kappa shape index (κ3) is 7.45. The summed E-state index contributed by atoms with van der Waals surface area (Å²) in [6.45, 7) is 8.65. The fourth-order valence-corrected chi connectivity index (χ4v) is 4.16. The van der Waals surface area contributed by atoms with Crippen molar-refractivity contribution in [3.63, 3.8) is 0 Å². The Morgan fingerprint density at radius 1 is 1.18 bits per heavy atom. The van der Waals surface area contributed by atoms with E-state index in [4.69, 9.17) is 14.6 Å². The SMILES string of the molecule is COc1c(COCCC(C)(C)C)cccc1-c1csc(NC(=O)c2cc(F)c(C=C(C)C(=O)O)c(F)c2)n1. The third-order valence-electron chi connectivity index (χ3n) is 5.59. The third-order valence-corrected chi connectivity index (χ3v) is 6.35. The number of nitrogens with zero attached hydrogens (tertiary/aromatic N) is 1. The Hall–Kier alpha value is -3.63. The Labute approximate surface area is 224 Å². The van der Waals surface area contributed by atoms with Gasteiger partial charge in [0.2, 0.25) is 0 Å². The van der Waals surface area contributed by atoms with Gasteiger partial charge in [0.1, 0.15) is 17.4 Å². The highest BCUT2D eigenvalue weighted by Gasteiger charge is 2.18. The van der Waals surface area contributed by atoms with Gasteiger partial charge in [-0.15, -0.1) is 11.3 Å². The molecule has 10 heteroatoms. The Bertz CT molecular complexity index is 1340. The number of hydrogen-bond acceptors (Lipinski definition) is 6. The number of hydrogen-bond donors (Lipinski definition) is 2. The van der Waals surface area contributed by atoms with Gasteiger partial charge in [-0.05, 0) is 43.0 Å². The average Bonchev–Trinajstić information content (AvgIpc) is 3.31. The van der Waals surface area contributed by atoms with Gasteiger partial charge in [0, 0.05) is 39.8 Å². The molecule has 0 unspecified atom stereocenters. The molecule has 0 aliphatic carbocycles. The van der Waals surface area contributed by atoms with E-state index in [9.17, 15) is 18.4 Å². The van der Waals surface area contributed by atoms with E-state index in [2.05, 4.69) is 31.1 Å². The molecule has 0 saturated carbocycles. The molecule has 0 aliphatic rings. The molecule has 7 nitrogen and oxygen atoms in total. The maximum Gasteiger partial charge on any atom is 0.331 e. The van der Waals surface area contributed by atoms with Crippen LogP contribution in [-0.2, 0) is 16.1 Å². The number of carbonyl (C=O) groups excluding carboxylic acids is 1. The van der Waals surface area contributed by atoms with Crippen molar-refractivity contribution >= 4 is 34.4 Å². The summed E-state index contributed by atoms with van der Waals surface area (Å²) in [5, 5.41) is 13.5. The Balaban J connectivity index is 1.76. The van der Waals surface area contributed by atoms with Crippen LogP contribution in [0.5, 0.6) is 5.75 Å². The lowest BCUT2D eigenvalue weighted by Gasteiger charge is -2.18. The van der Waals surface area contributed by atoms with Crippen molar-refractivity contribution in [2.45, 2.75) is 40.7 Å². The van der Waals surface area contributed by atoms with E-state index in [-0.39, 0.29) is 21.7 Å². The number of anilines is 1. The molecule has 0 atom stereocenters. The number of aliphatic carboxylic acids is 1. The number of benzene rings is 2. The average molecular weight is 545 g/mol. The van der Waals surface area contributed by atoms with Crippen molar-refractivity contribution in [2.24, 2.45) is 5.41 Å². The maximum atomic E-state index is 14.5. The normalized spacial score (nSPS) is 11.9. The fourth-order valence-electron chi connectivity index (χ4n) is 3.46. The molecule has 3 rings (SSSR count). The second-order valence-corrected chi connectivity index (χ2v) is 10.7. The van der Waals surface area contributed by atoms with Crippen LogP contribution < -0.4 is 10.1 Å². The van der Waals surface area contributed by atoms with Crippen LogP contribution >= 0.6 is 11.3 Å². The second kappa shape index (κ2) is 12.3. The minimum atomic E-state index is -1.31. The molecule has 0 bridgehead atoms. The van der Waals surface area contributed by atoms with Crippen LogP contribution in [0.3, 0.4) is 0 Å². The van der Waals surface area contributed by atoms with Gasteiger partial charge in [0.05, 0.1) is 19.4 Å². The highest BCUT2D eigenvalue weighted by Crippen LogP contribution is 2.35. The first kappa shape index (κ1) is 28.9. The number of carbonyl (C=O) groups is 2. The van der Waals surface area contributed by atoms with Gasteiger partial charge in [-0.25, -0.2) is 18.6 Å². The summed E-state index contributed by atoms with van der Waals surface area (Å²) in [5.41, 5.74) is 1.25. The topological polar surface area (TPSA) is 97.8 Å². The number of nitrogens with one attached hydrogen (secondary N) is 1. The smallest absolute Gasteiger partial charge is 0.331 e. The van der Waals surface area contributed by atoms with Gasteiger partial charge in [-0.1, -0.05) is 32.9 Å². The van der Waals surface area contributed by atoms with Gasteiger partial charge in [-0.3, -0.25) is 10.1 Å². The summed E-state index contributed by atoms with van der Waals surface area (Å²) in [4.78, 5) is 28.1. The molecule has 1 aromatic heterocycles. The molecule has 202 valence electrons. The maximum absolute atomic E-state index is 14.5. The number of ether oxygens (including phenoxy) is 2. The van der Waals surface area contributed by atoms with E-state index in [1.54, 1.807) is 12.5 Å². The summed E-state index contributed by atoms with van der Waals surface area (Å²) in [5.74, 6) is -3.57. The highest BCUT2D eigenvalue weighted by molar-refractivity contribution is 7.14. The molecule has 1 heterocycles. The largest absolute Gasteiger partial charge is 0.496 e. The predicted octanol–water partition coefficient (Wildman–Crippen LogP) is 6.79. The zero-order valence-corrected chi connectivity index (χ0v) is 22.7. The first-order valence-electron chi connectivity index (χ1n) is 11.8. The quantitative estimate of drug-likeness (QED) is 0.215. The van der Waals surface area contributed by atoms with E-state index >= 15 is 0 Å². The van der Waals surface area contributed by atoms with Crippen LogP contribution in [0, 0.1) is 17.0 Å². The van der Waals surface area contributed by atoms with Gasteiger partial charge in [0.25, 0.3) is 5.91 Å². The van der Waals surface area contributed by atoms with Crippen molar-refractivity contribution in [2.75, 3.05) is 19.0 Å². The summed E-state index contributed by atoms with van der Waals surface area (Å²) in [6, 6.07) is 7.31. The van der Waals surface area contributed by atoms with E-state index in [1.165, 1.54) is 6.92 Å². The minimum Gasteiger partial charge on any atom is -0.496 e. The first-order chi connectivity index (χ1) is 17.9. The predicted molar refractivity (Wildman–Crippen MR) is 143 cm³/mol. The molecule has 3 aromatic rings. The summed E-state index contributed by atoms with van der Waals surface area (Å²) in [7, 11) is 1.56. The Morgan fingerprint density at radius 2 is 1.87 bits per heavy atom. The number of carboxylic acids is 1. The summed E-state index contributed by atoms with van der Waals surface area (Å²) < 4.78 is 40.4. The van der Waals surface area contributed by atoms with Crippen LogP contribution in [-0.4, -0.2) is 35.7 Å². The minimum absolute atomic E-state index is 0.170. The highest BCUT2D eigenvalue weighted by atomic mass is 32.1. The lowest BCUT2D eigenvalue weighted by molar-refractivity contribution is -0.132. The van der Waals surface area contributed by atoms with Crippen molar-refractivity contribution in [3.05, 3.63) is 69.6 Å². The number of para-hydroxylation sites is 1. The number of rotatable bonds is 10. The molecule has 0 spiro atoms. The molecule has 2 N–H and O–H groups in total. The fraction of sp³-hybridized carbons (Fsp3) is 0.321. The number of thiazole rings is 1. The zero-order chi connectivity index (χ0) is 28.0. The number of methoxy groups -OCH3 is 1. The van der Waals surface area contributed by atoms with E-state index in [1.807, 2.05) is 18.2 Å². The van der Waals surface area contributed by atoms with E-state index in [0.29, 0.717) is 30.2 Å². The van der Waals surface area contributed by atoms with Crippen molar-refractivity contribution in [1.82, 2.24) is 4.98 Å². The molecule has 0 aliphatic heterocycles. The molecular formula is C28H30F2N2O5S. The molecule has 38 heavy (non-hydrogen) atoms. The van der Waals surface area contributed by atoms with Crippen LogP contribution in [0.2, 0.25) is 0 Å². The first-order valence-corrected chi connectivity index (χ1v) is 12.7. The molecular weight excluding hydrogens is 514 g/mol. The van der Waals surface area contributed by atoms with Crippen LogP contribution in [0.15, 0.2) is 41.3 Å². The van der Waals surface area contributed by atoms with Gasteiger partial charge in [-0.2, -0.15) is 0 Å². The molecule has 2 aromatic carbocycles. The molecule has 0 saturated heterocycles. The zero-order valence-electron chi connectivity index (χ0n) is 21.9.